The van der Waals surface area contributed by atoms with E-state index >= 15 is 0 Å². The highest BCUT2D eigenvalue weighted by atomic mass is 32.2. The first-order valence-corrected chi connectivity index (χ1v) is 8.35. The predicted molar refractivity (Wildman–Crippen MR) is 81.5 cm³/mol. The summed E-state index contributed by atoms with van der Waals surface area (Å²) in [4.78, 5) is 7.09. The summed E-state index contributed by atoms with van der Waals surface area (Å²) < 4.78 is 30.8. The standard InChI is InChI=1S/C14H15N3O3S/c1-21(18,19)17-11-2-3-14-13(7-11)10(4-5-20-14)6-12-8-15-9-16-12/h2-3,6-9,17H,4-5H2,1H3,(H,15,16)/b10-6+. The van der Waals surface area contributed by atoms with Crippen molar-refractivity contribution in [1.29, 1.82) is 0 Å². The zero-order chi connectivity index (χ0) is 14.9. The van der Waals surface area contributed by atoms with Crippen molar-refractivity contribution in [3.8, 4) is 5.75 Å². The average molecular weight is 305 g/mol. The largest absolute Gasteiger partial charge is 0.493 e. The molecule has 21 heavy (non-hydrogen) atoms. The lowest BCUT2D eigenvalue weighted by Crippen LogP contribution is -2.12. The van der Waals surface area contributed by atoms with E-state index in [2.05, 4.69) is 14.7 Å². The van der Waals surface area contributed by atoms with Crippen LogP contribution in [-0.2, 0) is 10.0 Å². The van der Waals surface area contributed by atoms with Crippen molar-refractivity contribution < 1.29 is 13.2 Å². The van der Waals surface area contributed by atoms with Gasteiger partial charge in [-0.15, -0.1) is 0 Å². The Morgan fingerprint density at radius 2 is 2.29 bits per heavy atom. The van der Waals surface area contributed by atoms with E-state index in [1.165, 1.54) is 0 Å². The topological polar surface area (TPSA) is 84.1 Å². The summed E-state index contributed by atoms with van der Waals surface area (Å²) in [5.41, 5.74) is 3.31. The van der Waals surface area contributed by atoms with E-state index in [1.807, 2.05) is 6.08 Å². The Morgan fingerprint density at radius 1 is 1.43 bits per heavy atom. The molecule has 110 valence electrons. The number of nitrogens with zero attached hydrogens (tertiary/aromatic N) is 1. The van der Waals surface area contributed by atoms with Gasteiger partial charge in [0.2, 0.25) is 10.0 Å². The number of nitrogens with one attached hydrogen (secondary N) is 2. The molecule has 2 aromatic rings. The molecule has 3 rings (SSSR count). The summed E-state index contributed by atoms with van der Waals surface area (Å²) in [7, 11) is -3.30. The third kappa shape index (κ3) is 3.25. The molecule has 6 nitrogen and oxygen atoms in total. The number of imidazole rings is 1. The molecule has 0 fully saturated rings. The molecule has 0 bridgehead atoms. The zero-order valence-electron chi connectivity index (χ0n) is 11.5. The molecule has 1 aromatic heterocycles. The molecule has 1 aliphatic rings. The lowest BCUT2D eigenvalue weighted by Gasteiger charge is -2.21. The van der Waals surface area contributed by atoms with Crippen LogP contribution >= 0.6 is 0 Å². The smallest absolute Gasteiger partial charge is 0.229 e. The second-order valence-electron chi connectivity index (χ2n) is 4.85. The fourth-order valence-corrected chi connectivity index (χ4v) is 2.82. The van der Waals surface area contributed by atoms with Crippen molar-refractivity contribution in [2.24, 2.45) is 0 Å². The van der Waals surface area contributed by atoms with Crippen molar-refractivity contribution in [3.05, 3.63) is 42.0 Å². The van der Waals surface area contributed by atoms with Gasteiger partial charge in [-0.1, -0.05) is 0 Å². The molecular weight excluding hydrogens is 290 g/mol. The molecule has 0 aliphatic carbocycles. The molecule has 0 spiro atoms. The van der Waals surface area contributed by atoms with E-state index < -0.39 is 10.0 Å². The van der Waals surface area contributed by atoms with E-state index in [4.69, 9.17) is 4.74 Å². The maximum Gasteiger partial charge on any atom is 0.229 e. The first kappa shape index (κ1) is 13.7. The highest BCUT2D eigenvalue weighted by Crippen LogP contribution is 2.36. The molecular formula is C14H15N3O3S. The van der Waals surface area contributed by atoms with Gasteiger partial charge in [-0.25, -0.2) is 13.4 Å². The van der Waals surface area contributed by atoms with Gasteiger partial charge in [0, 0.05) is 23.9 Å². The van der Waals surface area contributed by atoms with Crippen molar-refractivity contribution in [2.45, 2.75) is 6.42 Å². The fraction of sp³-hybridized carbons (Fsp3) is 0.214. The number of ether oxygens (including phenoxy) is 1. The van der Waals surface area contributed by atoms with Gasteiger partial charge >= 0.3 is 0 Å². The third-order valence-corrected chi connectivity index (χ3v) is 3.71. The maximum absolute atomic E-state index is 11.3. The number of sulfonamides is 1. The Hall–Kier alpha value is -2.28. The highest BCUT2D eigenvalue weighted by Gasteiger charge is 2.17. The highest BCUT2D eigenvalue weighted by molar-refractivity contribution is 7.92. The molecule has 0 saturated carbocycles. The number of hydrogen-bond donors (Lipinski definition) is 2. The van der Waals surface area contributed by atoms with Gasteiger partial charge in [0.05, 0.1) is 24.9 Å². The van der Waals surface area contributed by atoms with Gasteiger partial charge in [0.15, 0.2) is 0 Å². The van der Waals surface area contributed by atoms with E-state index in [-0.39, 0.29) is 0 Å². The number of benzene rings is 1. The van der Waals surface area contributed by atoms with Gasteiger partial charge in [-0.05, 0) is 29.8 Å². The van der Waals surface area contributed by atoms with Gasteiger partial charge < -0.3 is 9.72 Å². The van der Waals surface area contributed by atoms with E-state index in [0.29, 0.717) is 12.3 Å². The first-order chi connectivity index (χ1) is 10.0. The fourth-order valence-electron chi connectivity index (χ4n) is 2.27. The lowest BCUT2D eigenvalue weighted by atomic mass is 9.98. The molecule has 0 radical (unpaired) electrons. The predicted octanol–water partition coefficient (Wildman–Crippen LogP) is 2.10. The van der Waals surface area contributed by atoms with Gasteiger partial charge in [0.25, 0.3) is 0 Å². The Balaban J connectivity index is 2.01. The molecule has 2 heterocycles. The summed E-state index contributed by atoms with van der Waals surface area (Å²) in [5.74, 6) is 0.752. The average Bonchev–Trinajstić information content (AvgIpc) is 2.90. The van der Waals surface area contributed by atoms with Crippen LogP contribution in [0.2, 0.25) is 0 Å². The Labute approximate surface area is 122 Å². The molecule has 2 N–H and O–H groups in total. The molecule has 7 heteroatoms. The summed E-state index contributed by atoms with van der Waals surface area (Å²) in [6, 6.07) is 5.26. The number of aromatic amines is 1. The van der Waals surface area contributed by atoms with Crippen LogP contribution < -0.4 is 9.46 Å². The van der Waals surface area contributed by atoms with E-state index in [1.54, 1.807) is 30.7 Å². The first-order valence-electron chi connectivity index (χ1n) is 6.46. The SMILES string of the molecule is CS(=O)(=O)Nc1ccc2c(c1)/C(=C/c1c[nH]cn1)CCO2. The van der Waals surface area contributed by atoms with Crippen LogP contribution in [0.25, 0.3) is 11.6 Å². The molecule has 1 aliphatic heterocycles. The number of rotatable bonds is 3. The van der Waals surface area contributed by atoms with E-state index in [9.17, 15) is 8.42 Å². The van der Waals surface area contributed by atoms with E-state index in [0.717, 1.165) is 35.3 Å². The molecule has 1 aromatic carbocycles. The van der Waals surface area contributed by atoms with Crippen LogP contribution in [0, 0.1) is 0 Å². The third-order valence-electron chi connectivity index (χ3n) is 3.10. The zero-order valence-corrected chi connectivity index (χ0v) is 12.3. The molecule has 0 atom stereocenters. The van der Waals surface area contributed by atoms with Crippen molar-refractivity contribution in [2.75, 3.05) is 17.6 Å². The molecule has 0 amide bonds. The van der Waals surface area contributed by atoms with Gasteiger partial charge in [-0.2, -0.15) is 0 Å². The Kier molecular flexibility index (Phi) is 3.42. The molecule has 0 saturated heterocycles. The number of H-pyrrole nitrogens is 1. The molecule has 0 unspecified atom stereocenters. The number of aromatic nitrogens is 2. The summed E-state index contributed by atoms with van der Waals surface area (Å²) in [6.45, 7) is 0.599. The second kappa shape index (κ2) is 5.25. The summed E-state index contributed by atoms with van der Waals surface area (Å²) >= 11 is 0. The van der Waals surface area contributed by atoms with Crippen LogP contribution in [0.3, 0.4) is 0 Å². The van der Waals surface area contributed by atoms with Gasteiger partial charge in [-0.3, -0.25) is 4.72 Å². The van der Waals surface area contributed by atoms with Crippen molar-refractivity contribution in [3.63, 3.8) is 0 Å². The Bertz CT molecular complexity index is 780. The minimum atomic E-state index is -3.30. The van der Waals surface area contributed by atoms with Crippen LogP contribution in [-0.4, -0.2) is 31.2 Å². The summed E-state index contributed by atoms with van der Waals surface area (Å²) in [6.07, 6.45) is 7.28. The van der Waals surface area contributed by atoms with Crippen LogP contribution in [0.15, 0.2) is 30.7 Å². The van der Waals surface area contributed by atoms with Crippen LogP contribution in [0.1, 0.15) is 17.7 Å². The minimum absolute atomic E-state index is 0.523. The number of hydrogen-bond acceptors (Lipinski definition) is 4. The normalized spacial score (nSPS) is 16.3. The van der Waals surface area contributed by atoms with Gasteiger partial charge in [0.1, 0.15) is 5.75 Å². The van der Waals surface area contributed by atoms with Crippen molar-refractivity contribution >= 4 is 27.4 Å². The van der Waals surface area contributed by atoms with Crippen LogP contribution in [0.4, 0.5) is 5.69 Å². The van der Waals surface area contributed by atoms with Crippen molar-refractivity contribution in [1.82, 2.24) is 9.97 Å². The quantitative estimate of drug-likeness (QED) is 0.909. The van der Waals surface area contributed by atoms with Crippen LogP contribution in [0.5, 0.6) is 5.75 Å². The monoisotopic (exact) mass is 305 g/mol. The maximum atomic E-state index is 11.3. The summed E-state index contributed by atoms with van der Waals surface area (Å²) in [5, 5.41) is 0. The minimum Gasteiger partial charge on any atom is -0.493 e. The number of anilines is 1. The number of fused-ring (bicyclic) bond motifs is 1. The Morgan fingerprint density at radius 3 is 3.00 bits per heavy atom. The lowest BCUT2D eigenvalue weighted by molar-refractivity contribution is 0.317. The second-order valence-corrected chi connectivity index (χ2v) is 6.60.